The van der Waals surface area contributed by atoms with E-state index in [4.69, 9.17) is 5.11 Å². The monoisotopic (exact) mass is 248 g/mol. The van der Waals surface area contributed by atoms with E-state index in [0.29, 0.717) is 5.56 Å². The number of nitro groups is 1. The molecule has 8 nitrogen and oxygen atoms in total. The van der Waals surface area contributed by atoms with Gasteiger partial charge in [0.25, 0.3) is 0 Å². The van der Waals surface area contributed by atoms with Crippen molar-refractivity contribution in [2.45, 2.75) is 6.92 Å². The zero-order valence-electron chi connectivity index (χ0n) is 9.27. The van der Waals surface area contributed by atoms with Gasteiger partial charge in [0, 0.05) is 18.5 Å². The van der Waals surface area contributed by atoms with E-state index in [2.05, 4.69) is 10.1 Å². The zero-order chi connectivity index (χ0) is 13.3. The molecular weight excluding hydrogens is 240 g/mol. The smallest absolute Gasteiger partial charge is 0.356 e. The average Bonchev–Trinajstić information content (AvgIpc) is 2.78. The maximum Gasteiger partial charge on any atom is 0.356 e. The largest absolute Gasteiger partial charge is 0.476 e. The highest BCUT2D eigenvalue weighted by molar-refractivity contribution is 5.85. The molecule has 8 heteroatoms. The molecule has 2 aromatic heterocycles. The normalized spacial score (nSPS) is 10.3. The maximum absolute atomic E-state index is 10.9. The predicted octanol–water partition coefficient (Wildman–Crippen LogP) is 1.18. The third-order valence-electron chi connectivity index (χ3n) is 2.21. The van der Waals surface area contributed by atoms with Crippen LogP contribution in [-0.4, -0.2) is 30.8 Å². The highest BCUT2D eigenvalue weighted by atomic mass is 16.6. The van der Waals surface area contributed by atoms with Gasteiger partial charge >= 0.3 is 11.7 Å². The summed E-state index contributed by atoms with van der Waals surface area (Å²) in [5, 5.41) is 23.3. The molecule has 2 aromatic rings. The zero-order valence-corrected chi connectivity index (χ0v) is 9.27. The van der Waals surface area contributed by atoms with Crippen molar-refractivity contribution in [3.63, 3.8) is 0 Å². The molecule has 0 aliphatic carbocycles. The van der Waals surface area contributed by atoms with Gasteiger partial charge in [0.2, 0.25) is 5.82 Å². The number of aromatic carboxylic acids is 1. The third kappa shape index (κ3) is 2.03. The fourth-order valence-electron chi connectivity index (χ4n) is 1.41. The topological polar surface area (TPSA) is 111 Å². The van der Waals surface area contributed by atoms with E-state index in [1.165, 1.54) is 24.5 Å². The molecule has 2 heterocycles. The molecule has 0 aliphatic rings. The number of carbonyl (C=O) groups is 1. The van der Waals surface area contributed by atoms with Crippen LogP contribution in [0.5, 0.6) is 0 Å². The van der Waals surface area contributed by atoms with Crippen molar-refractivity contribution in [2.75, 3.05) is 0 Å². The van der Waals surface area contributed by atoms with Crippen LogP contribution in [-0.2, 0) is 0 Å². The van der Waals surface area contributed by atoms with Gasteiger partial charge in [-0.1, -0.05) is 0 Å². The summed E-state index contributed by atoms with van der Waals surface area (Å²) < 4.78 is 1.07. The van der Waals surface area contributed by atoms with Crippen LogP contribution in [0.4, 0.5) is 5.69 Å². The third-order valence-corrected chi connectivity index (χ3v) is 2.21. The lowest BCUT2D eigenvalue weighted by molar-refractivity contribution is -0.385. The van der Waals surface area contributed by atoms with Gasteiger partial charge < -0.3 is 5.11 Å². The lowest BCUT2D eigenvalue weighted by atomic mass is 10.3. The minimum Gasteiger partial charge on any atom is -0.476 e. The highest BCUT2D eigenvalue weighted by Gasteiger charge is 2.19. The molecule has 0 aliphatic heterocycles. The van der Waals surface area contributed by atoms with E-state index in [1.807, 2.05) is 0 Å². The van der Waals surface area contributed by atoms with E-state index in [0.717, 1.165) is 4.68 Å². The van der Waals surface area contributed by atoms with E-state index in [1.54, 1.807) is 6.92 Å². The van der Waals surface area contributed by atoms with Crippen LogP contribution in [0.25, 0.3) is 5.82 Å². The van der Waals surface area contributed by atoms with Gasteiger partial charge in [-0.25, -0.2) is 14.5 Å². The van der Waals surface area contributed by atoms with Crippen molar-refractivity contribution in [3.8, 4) is 5.82 Å². The lowest BCUT2D eigenvalue weighted by Gasteiger charge is -2.02. The second-order valence-corrected chi connectivity index (χ2v) is 3.56. The summed E-state index contributed by atoms with van der Waals surface area (Å²) in [5.74, 6) is -1.22. The molecule has 0 unspecified atom stereocenters. The minimum atomic E-state index is -1.21. The van der Waals surface area contributed by atoms with Gasteiger partial charge in [-0.15, -0.1) is 0 Å². The van der Waals surface area contributed by atoms with E-state index in [-0.39, 0.29) is 17.2 Å². The Kier molecular flexibility index (Phi) is 2.76. The first kappa shape index (κ1) is 11.7. The molecule has 0 radical (unpaired) electrons. The molecule has 0 bridgehead atoms. The first-order chi connectivity index (χ1) is 8.49. The number of nitrogens with zero attached hydrogens (tertiary/aromatic N) is 4. The molecule has 0 spiro atoms. The summed E-state index contributed by atoms with van der Waals surface area (Å²) in [4.78, 5) is 24.9. The van der Waals surface area contributed by atoms with E-state index >= 15 is 0 Å². The van der Waals surface area contributed by atoms with Crippen molar-refractivity contribution >= 4 is 11.7 Å². The van der Waals surface area contributed by atoms with Crippen molar-refractivity contribution in [1.29, 1.82) is 0 Å². The number of pyridine rings is 1. The van der Waals surface area contributed by atoms with Gasteiger partial charge in [-0.05, 0) is 18.6 Å². The van der Waals surface area contributed by atoms with Crippen molar-refractivity contribution in [3.05, 3.63) is 45.9 Å². The number of aryl methyl sites for hydroxylation is 1. The molecule has 0 saturated heterocycles. The Morgan fingerprint density at radius 2 is 2.28 bits per heavy atom. The quantitative estimate of drug-likeness (QED) is 0.644. The molecule has 0 saturated carbocycles. The Morgan fingerprint density at radius 3 is 2.83 bits per heavy atom. The Bertz CT molecular complexity index is 635. The van der Waals surface area contributed by atoms with Crippen molar-refractivity contribution in [2.24, 2.45) is 0 Å². The van der Waals surface area contributed by atoms with E-state index < -0.39 is 10.9 Å². The van der Waals surface area contributed by atoms with Crippen LogP contribution in [0.2, 0.25) is 0 Å². The van der Waals surface area contributed by atoms with Gasteiger partial charge in [-0.2, -0.15) is 5.10 Å². The molecular formula is C10H8N4O4. The van der Waals surface area contributed by atoms with Crippen LogP contribution in [0.3, 0.4) is 0 Å². The van der Waals surface area contributed by atoms with Gasteiger partial charge in [0.1, 0.15) is 0 Å². The predicted molar refractivity (Wildman–Crippen MR) is 59.7 cm³/mol. The van der Waals surface area contributed by atoms with E-state index in [9.17, 15) is 14.9 Å². The number of carboxylic acids is 1. The summed E-state index contributed by atoms with van der Waals surface area (Å²) in [6.45, 7) is 1.68. The molecule has 92 valence electrons. The van der Waals surface area contributed by atoms with Gasteiger partial charge in [0.05, 0.1) is 4.92 Å². The molecule has 0 fully saturated rings. The summed E-state index contributed by atoms with van der Waals surface area (Å²) in [7, 11) is 0. The van der Waals surface area contributed by atoms with Crippen LogP contribution in [0.15, 0.2) is 24.5 Å². The average molecular weight is 248 g/mol. The summed E-state index contributed by atoms with van der Waals surface area (Å²) >= 11 is 0. The molecule has 18 heavy (non-hydrogen) atoms. The summed E-state index contributed by atoms with van der Waals surface area (Å²) in [5.41, 5.74) is 0.206. The first-order valence-electron chi connectivity index (χ1n) is 4.89. The second kappa shape index (κ2) is 4.24. The molecule has 1 N–H and O–H groups in total. The Hall–Kier alpha value is -2.77. The van der Waals surface area contributed by atoms with Crippen LogP contribution < -0.4 is 0 Å². The van der Waals surface area contributed by atoms with Crippen molar-refractivity contribution < 1.29 is 14.8 Å². The summed E-state index contributed by atoms with van der Waals surface area (Å²) in [6.07, 6.45) is 2.76. The number of hydrogen-bond acceptors (Lipinski definition) is 5. The number of carboxylic acid groups (broad SMARTS) is 1. The lowest BCUT2D eigenvalue weighted by Crippen LogP contribution is -2.06. The second-order valence-electron chi connectivity index (χ2n) is 3.56. The number of aromatic nitrogens is 3. The van der Waals surface area contributed by atoms with Crippen LogP contribution in [0.1, 0.15) is 16.1 Å². The Labute approximate surface area is 101 Å². The Balaban J connectivity index is 2.55. The number of hydrogen-bond donors (Lipinski definition) is 1. The SMILES string of the molecule is Cc1cnc(-n2ccc(C(=O)O)n2)c([N+](=O)[O-])c1. The number of rotatable bonds is 3. The fraction of sp³-hybridized carbons (Fsp3) is 0.100. The van der Waals surface area contributed by atoms with Crippen LogP contribution >= 0.6 is 0 Å². The molecule has 2 rings (SSSR count). The Morgan fingerprint density at radius 1 is 1.56 bits per heavy atom. The molecule has 0 atom stereocenters. The molecule has 0 amide bonds. The summed E-state index contributed by atoms with van der Waals surface area (Å²) in [6, 6.07) is 2.60. The van der Waals surface area contributed by atoms with Crippen molar-refractivity contribution in [1.82, 2.24) is 14.8 Å². The fourth-order valence-corrected chi connectivity index (χ4v) is 1.41. The molecule has 0 aromatic carbocycles. The van der Waals surface area contributed by atoms with Gasteiger partial charge in [-0.3, -0.25) is 10.1 Å². The first-order valence-corrected chi connectivity index (χ1v) is 4.89. The maximum atomic E-state index is 10.9. The standard InChI is InChI=1S/C10H8N4O4/c1-6-4-8(14(17)18)9(11-5-6)13-3-2-7(12-13)10(15)16/h2-5H,1H3,(H,15,16). The minimum absolute atomic E-state index is 0.0156. The highest BCUT2D eigenvalue weighted by Crippen LogP contribution is 2.20. The van der Waals surface area contributed by atoms with Gasteiger partial charge in [0.15, 0.2) is 5.69 Å². The van der Waals surface area contributed by atoms with Crippen LogP contribution in [0, 0.1) is 17.0 Å².